The first-order chi connectivity index (χ1) is 9.88. The minimum atomic E-state index is -0.600. The van der Waals surface area contributed by atoms with Crippen LogP contribution in [0.2, 0.25) is 0 Å². The van der Waals surface area contributed by atoms with Gasteiger partial charge in [0, 0.05) is 22.2 Å². The molecule has 1 amide bonds. The lowest BCUT2D eigenvalue weighted by atomic mass is 10.1. The Morgan fingerprint density at radius 1 is 1.29 bits per heavy atom. The summed E-state index contributed by atoms with van der Waals surface area (Å²) in [7, 11) is 0. The molecule has 0 bridgehead atoms. The van der Waals surface area contributed by atoms with E-state index in [1.165, 1.54) is 6.07 Å². The largest absolute Gasteiger partial charge is 0.506 e. The molecule has 0 aliphatic carbocycles. The van der Waals surface area contributed by atoms with Crippen LogP contribution >= 0.6 is 15.9 Å². The Balaban J connectivity index is 2.28. The second-order valence-electron chi connectivity index (χ2n) is 4.38. The molecule has 21 heavy (non-hydrogen) atoms. The maximum atomic E-state index is 12.1. The standard InChI is InChI=1S/C14H11BrN2O4/c1-8-2-3-9(6-11(8)15)14(19)16-12-7-10(17(20)21)4-5-13(12)18/h2-7,18H,1H3,(H,16,19). The second-order valence-corrected chi connectivity index (χ2v) is 5.23. The molecule has 2 aromatic rings. The molecular formula is C14H11BrN2O4. The molecule has 6 nitrogen and oxygen atoms in total. The maximum absolute atomic E-state index is 12.1. The van der Waals surface area contributed by atoms with Crippen LogP contribution in [0.5, 0.6) is 5.75 Å². The van der Waals surface area contributed by atoms with Crippen molar-refractivity contribution in [2.45, 2.75) is 6.92 Å². The van der Waals surface area contributed by atoms with Gasteiger partial charge in [-0.05, 0) is 30.7 Å². The van der Waals surface area contributed by atoms with Crippen molar-refractivity contribution < 1.29 is 14.8 Å². The quantitative estimate of drug-likeness (QED) is 0.502. The molecule has 2 aromatic carbocycles. The highest BCUT2D eigenvalue weighted by Crippen LogP contribution is 2.28. The minimum Gasteiger partial charge on any atom is -0.506 e. The SMILES string of the molecule is Cc1ccc(C(=O)Nc2cc([N+](=O)[O-])ccc2O)cc1Br. The van der Waals surface area contributed by atoms with E-state index >= 15 is 0 Å². The first kappa shape index (κ1) is 15.0. The molecule has 7 heteroatoms. The van der Waals surface area contributed by atoms with E-state index in [9.17, 15) is 20.0 Å². The Bertz CT molecular complexity index is 731. The Morgan fingerprint density at radius 2 is 2.00 bits per heavy atom. The molecule has 0 aromatic heterocycles. The van der Waals surface area contributed by atoms with Crippen LogP contribution in [0.1, 0.15) is 15.9 Å². The van der Waals surface area contributed by atoms with Crippen LogP contribution in [-0.4, -0.2) is 15.9 Å². The van der Waals surface area contributed by atoms with Crippen LogP contribution in [0.25, 0.3) is 0 Å². The number of halogens is 1. The summed E-state index contributed by atoms with van der Waals surface area (Å²) >= 11 is 3.33. The van der Waals surface area contributed by atoms with Crippen LogP contribution in [0.3, 0.4) is 0 Å². The summed E-state index contributed by atoms with van der Waals surface area (Å²) in [6.07, 6.45) is 0. The lowest BCUT2D eigenvalue weighted by Gasteiger charge is -2.08. The van der Waals surface area contributed by atoms with E-state index in [0.717, 1.165) is 22.2 Å². The number of hydrogen-bond acceptors (Lipinski definition) is 4. The van der Waals surface area contributed by atoms with Crippen molar-refractivity contribution in [1.82, 2.24) is 0 Å². The fraction of sp³-hybridized carbons (Fsp3) is 0.0714. The molecule has 108 valence electrons. The summed E-state index contributed by atoms with van der Waals surface area (Å²) in [5, 5.41) is 22.8. The number of nitrogens with one attached hydrogen (secondary N) is 1. The van der Waals surface area contributed by atoms with E-state index in [-0.39, 0.29) is 17.1 Å². The van der Waals surface area contributed by atoms with Crippen molar-refractivity contribution in [2.24, 2.45) is 0 Å². The van der Waals surface area contributed by atoms with Gasteiger partial charge in [-0.1, -0.05) is 22.0 Å². The van der Waals surface area contributed by atoms with Crippen LogP contribution in [0, 0.1) is 17.0 Å². The number of aryl methyl sites for hydroxylation is 1. The van der Waals surface area contributed by atoms with Crippen molar-refractivity contribution >= 4 is 33.2 Å². The summed E-state index contributed by atoms with van der Waals surface area (Å²) in [5.74, 6) is -0.702. The van der Waals surface area contributed by atoms with E-state index in [1.807, 2.05) is 6.92 Å². The topological polar surface area (TPSA) is 92.5 Å². The Hall–Kier alpha value is -2.41. The number of nitro benzene ring substituents is 1. The molecule has 0 unspecified atom stereocenters. The van der Waals surface area contributed by atoms with Gasteiger partial charge < -0.3 is 10.4 Å². The van der Waals surface area contributed by atoms with E-state index in [4.69, 9.17) is 0 Å². The third kappa shape index (κ3) is 3.38. The van der Waals surface area contributed by atoms with E-state index in [2.05, 4.69) is 21.2 Å². The van der Waals surface area contributed by atoms with Crippen LogP contribution in [0.15, 0.2) is 40.9 Å². The third-order valence-electron chi connectivity index (χ3n) is 2.87. The number of anilines is 1. The number of hydrogen-bond donors (Lipinski definition) is 2. The lowest BCUT2D eigenvalue weighted by molar-refractivity contribution is -0.384. The number of aromatic hydroxyl groups is 1. The number of rotatable bonds is 3. The van der Waals surface area contributed by atoms with Crippen LogP contribution < -0.4 is 5.32 Å². The number of nitrogens with zero attached hydrogens (tertiary/aromatic N) is 1. The average Bonchev–Trinajstić information content (AvgIpc) is 2.43. The van der Waals surface area contributed by atoms with Gasteiger partial charge in [0.2, 0.25) is 0 Å². The predicted molar refractivity (Wildman–Crippen MR) is 81.6 cm³/mol. The number of phenolic OH excluding ortho intramolecular Hbond substituents is 1. The first-order valence-electron chi connectivity index (χ1n) is 5.93. The normalized spacial score (nSPS) is 10.2. The highest BCUT2D eigenvalue weighted by molar-refractivity contribution is 9.10. The summed E-state index contributed by atoms with van der Waals surface area (Å²) < 4.78 is 0.776. The Morgan fingerprint density at radius 3 is 2.62 bits per heavy atom. The van der Waals surface area contributed by atoms with Crippen molar-refractivity contribution in [1.29, 1.82) is 0 Å². The number of nitro groups is 1. The summed E-state index contributed by atoms with van der Waals surface area (Å²) in [5.41, 5.74) is 1.13. The van der Waals surface area contributed by atoms with Gasteiger partial charge in [-0.2, -0.15) is 0 Å². The van der Waals surface area contributed by atoms with Crippen molar-refractivity contribution in [3.63, 3.8) is 0 Å². The predicted octanol–water partition coefficient (Wildman–Crippen LogP) is 3.62. The maximum Gasteiger partial charge on any atom is 0.271 e. The molecule has 0 aliphatic heterocycles. The minimum absolute atomic E-state index is 0.00843. The van der Waals surface area contributed by atoms with Crippen molar-refractivity contribution in [3.05, 3.63) is 62.1 Å². The average molecular weight is 351 g/mol. The summed E-state index contributed by atoms with van der Waals surface area (Å²) in [6, 6.07) is 8.47. The zero-order valence-corrected chi connectivity index (χ0v) is 12.5. The van der Waals surface area contributed by atoms with Gasteiger partial charge in [-0.3, -0.25) is 14.9 Å². The fourth-order valence-electron chi connectivity index (χ4n) is 1.67. The molecule has 0 atom stereocenters. The Labute approximate surface area is 128 Å². The van der Waals surface area contributed by atoms with E-state index in [1.54, 1.807) is 18.2 Å². The highest BCUT2D eigenvalue weighted by Gasteiger charge is 2.14. The monoisotopic (exact) mass is 350 g/mol. The molecular weight excluding hydrogens is 340 g/mol. The van der Waals surface area contributed by atoms with Crippen molar-refractivity contribution in [3.8, 4) is 5.75 Å². The van der Waals surface area contributed by atoms with Gasteiger partial charge in [-0.15, -0.1) is 0 Å². The molecule has 2 N–H and O–H groups in total. The zero-order chi connectivity index (χ0) is 15.6. The highest BCUT2D eigenvalue weighted by atomic mass is 79.9. The van der Waals surface area contributed by atoms with Crippen LogP contribution in [0.4, 0.5) is 11.4 Å². The molecule has 2 rings (SSSR count). The zero-order valence-electron chi connectivity index (χ0n) is 11.0. The molecule has 0 radical (unpaired) electrons. The summed E-state index contributed by atoms with van der Waals surface area (Å²) in [4.78, 5) is 22.2. The Kier molecular flexibility index (Phi) is 4.23. The molecule has 0 heterocycles. The van der Waals surface area contributed by atoms with Crippen LogP contribution in [-0.2, 0) is 0 Å². The van der Waals surface area contributed by atoms with Gasteiger partial charge in [0.05, 0.1) is 10.6 Å². The molecule has 0 fully saturated rings. The molecule has 0 saturated heterocycles. The third-order valence-corrected chi connectivity index (χ3v) is 3.73. The van der Waals surface area contributed by atoms with E-state index in [0.29, 0.717) is 5.56 Å². The second kappa shape index (κ2) is 5.92. The lowest BCUT2D eigenvalue weighted by Crippen LogP contribution is -2.12. The van der Waals surface area contributed by atoms with Gasteiger partial charge in [0.25, 0.3) is 11.6 Å². The molecule has 0 saturated carbocycles. The smallest absolute Gasteiger partial charge is 0.271 e. The van der Waals surface area contributed by atoms with Gasteiger partial charge in [0.15, 0.2) is 0 Å². The van der Waals surface area contributed by atoms with Crippen molar-refractivity contribution in [2.75, 3.05) is 5.32 Å². The number of phenols is 1. The van der Waals surface area contributed by atoms with Gasteiger partial charge in [-0.25, -0.2) is 0 Å². The summed E-state index contributed by atoms with van der Waals surface area (Å²) in [6.45, 7) is 1.89. The fourth-order valence-corrected chi connectivity index (χ4v) is 2.05. The van der Waals surface area contributed by atoms with Gasteiger partial charge in [0.1, 0.15) is 5.75 Å². The number of carbonyl (C=O) groups excluding carboxylic acids is 1. The number of benzene rings is 2. The van der Waals surface area contributed by atoms with E-state index < -0.39 is 10.8 Å². The molecule has 0 spiro atoms. The number of non-ortho nitro benzene ring substituents is 1. The molecule has 0 aliphatic rings. The number of carbonyl (C=O) groups is 1. The first-order valence-corrected chi connectivity index (χ1v) is 6.72. The van der Waals surface area contributed by atoms with Gasteiger partial charge >= 0.3 is 0 Å². The number of amides is 1.